The quantitative estimate of drug-likeness (QED) is 0.909. The summed E-state index contributed by atoms with van der Waals surface area (Å²) in [5.74, 6) is 0. The first kappa shape index (κ1) is 13.9. The molecule has 1 aromatic heterocycles. The van der Waals surface area contributed by atoms with Gasteiger partial charge < -0.3 is 5.32 Å². The van der Waals surface area contributed by atoms with Gasteiger partial charge in [-0.25, -0.2) is 0 Å². The van der Waals surface area contributed by atoms with Crippen LogP contribution in [0.3, 0.4) is 0 Å². The fraction of sp³-hybridized carbons (Fsp3) is 0.786. The Morgan fingerprint density at radius 3 is 2.39 bits per heavy atom. The molecule has 0 atom stereocenters. The second-order valence-corrected chi connectivity index (χ2v) is 5.77. The maximum atomic E-state index is 6.27. The predicted molar refractivity (Wildman–Crippen MR) is 75.9 cm³/mol. The molecule has 2 rings (SSSR count). The summed E-state index contributed by atoms with van der Waals surface area (Å²) in [6, 6.07) is 0.650. The number of aryl methyl sites for hydroxylation is 2. The maximum Gasteiger partial charge on any atom is 0.0860 e. The average molecular weight is 270 g/mol. The summed E-state index contributed by atoms with van der Waals surface area (Å²) in [6.45, 7) is 2.79. The average Bonchev–Trinajstić information content (AvgIpc) is 2.53. The second-order valence-electron chi connectivity index (χ2n) is 5.39. The van der Waals surface area contributed by atoms with E-state index in [0.717, 1.165) is 23.0 Å². The maximum absolute atomic E-state index is 6.27. The van der Waals surface area contributed by atoms with Crippen molar-refractivity contribution >= 4 is 11.6 Å². The summed E-state index contributed by atoms with van der Waals surface area (Å²) in [6.07, 6.45) is 9.52. The number of nitrogens with zero attached hydrogens (tertiary/aromatic N) is 2. The molecule has 1 aliphatic rings. The van der Waals surface area contributed by atoms with Gasteiger partial charge in [0.1, 0.15) is 0 Å². The van der Waals surface area contributed by atoms with Crippen molar-refractivity contribution in [3.05, 3.63) is 16.4 Å². The lowest BCUT2D eigenvalue weighted by atomic mass is 9.97. The molecule has 0 amide bonds. The molecule has 0 radical (unpaired) electrons. The van der Waals surface area contributed by atoms with Crippen molar-refractivity contribution in [3.8, 4) is 0 Å². The van der Waals surface area contributed by atoms with Crippen molar-refractivity contribution < 1.29 is 0 Å². The van der Waals surface area contributed by atoms with Crippen molar-refractivity contribution in [3.63, 3.8) is 0 Å². The van der Waals surface area contributed by atoms with Gasteiger partial charge in [-0.05, 0) is 19.8 Å². The van der Waals surface area contributed by atoms with Crippen LogP contribution in [-0.2, 0) is 13.6 Å². The highest BCUT2D eigenvalue weighted by molar-refractivity contribution is 6.31. The lowest BCUT2D eigenvalue weighted by Gasteiger charge is -2.21. The SMILES string of the molecule is Cc1nn(C)c(CNC2CCCCCCC2)c1Cl. The Bertz CT molecular complexity index is 379. The van der Waals surface area contributed by atoms with E-state index in [-0.39, 0.29) is 0 Å². The zero-order valence-electron chi connectivity index (χ0n) is 11.5. The van der Waals surface area contributed by atoms with Crippen molar-refractivity contribution in [2.24, 2.45) is 7.05 Å². The molecule has 4 heteroatoms. The lowest BCUT2D eigenvalue weighted by Crippen LogP contribution is -2.30. The number of hydrogen-bond donors (Lipinski definition) is 1. The van der Waals surface area contributed by atoms with Crippen LogP contribution in [0.1, 0.15) is 56.3 Å². The van der Waals surface area contributed by atoms with Crippen molar-refractivity contribution in [2.75, 3.05) is 0 Å². The van der Waals surface area contributed by atoms with E-state index >= 15 is 0 Å². The molecule has 1 saturated carbocycles. The van der Waals surface area contributed by atoms with Gasteiger partial charge in [-0.3, -0.25) is 4.68 Å². The van der Waals surface area contributed by atoms with Crippen molar-refractivity contribution in [1.29, 1.82) is 0 Å². The molecule has 1 aliphatic carbocycles. The van der Waals surface area contributed by atoms with Crippen LogP contribution in [-0.4, -0.2) is 15.8 Å². The molecule has 102 valence electrons. The van der Waals surface area contributed by atoms with Gasteiger partial charge >= 0.3 is 0 Å². The lowest BCUT2D eigenvalue weighted by molar-refractivity contribution is 0.385. The molecule has 0 bridgehead atoms. The number of hydrogen-bond acceptors (Lipinski definition) is 2. The molecule has 0 aromatic carbocycles. The summed E-state index contributed by atoms with van der Waals surface area (Å²) in [5.41, 5.74) is 2.03. The zero-order chi connectivity index (χ0) is 13.0. The minimum absolute atomic E-state index is 0.650. The first-order chi connectivity index (χ1) is 8.68. The van der Waals surface area contributed by atoms with Crippen molar-refractivity contribution in [1.82, 2.24) is 15.1 Å². The largest absolute Gasteiger partial charge is 0.308 e. The van der Waals surface area contributed by atoms with Gasteiger partial charge in [-0.1, -0.05) is 43.7 Å². The fourth-order valence-electron chi connectivity index (χ4n) is 2.77. The van der Waals surface area contributed by atoms with E-state index in [1.54, 1.807) is 0 Å². The molecular weight excluding hydrogens is 246 g/mol. The van der Waals surface area contributed by atoms with Crippen LogP contribution >= 0.6 is 11.6 Å². The minimum atomic E-state index is 0.650. The third kappa shape index (κ3) is 3.48. The summed E-state index contributed by atoms with van der Waals surface area (Å²) < 4.78 is 1.90. The van der Waals surface area contributed by atoms with Crippen LogP contribution < -0.4 is 5.32 Å². The van der Waals surface area contributed by atoms with Gasteiger partial charge in [-0.2, -0.15) is 5.10 Å². The Morgan fingerprint density at radius 1 is 1.22 bits per heavy atom. The van der Waals surface area contributed by atoms with E-state index < -0.39 is 0 Å². The molecule has 1 aromatic rings. The topological polar surface area (TPSA) is 29.9 Å². The fourth-order valence-corrected chi connectivity index (χ4v) is 3.00. The highest BCUT2D eigenvalue weighted by atomic mass is 35.5. The van der Waals surface area contributed by atoms with E-state index in [1.807, 2.05) is 18.7 Å². The van der Waals surface area contributed by atoms with Crippen LogP contribution in [0.25, 0.3) is 0 Å². The van der Waals surface area contributed by atoms with Gasteiger partial charge in [0.15, 0.2) is 0 Å². The number of halogens is 1. The van der Waals surface area contributed by atoms with Crippen LogP contribution in [0.15, 0.2) is 0 Å². The standard InChI is InChI=1S/C14H24ClN3/c1-11-14(15)13(18(2)17-11)10-16-12-8-6-4-3-5-7-9-12/h12,16H,3-10H2,1-2H3. The van der Waals surface area contributed by atoms with Gasteiger partial charge in [0.05, 0.1) is 16.4 Å². The molecule has 18 heavy (non-hydrogen) atoms. The monoisotopic (exact) mass is 269 g/mol. The Kier molecular flexibility index (Phi) is 5.07. The first-order valence-electron chi connectivity index (χ1n) is 7.10. The third-order valence-electron chi connectivity index (χ3n) is 3.92. The second kappa shape index (κ2) is 6.58. The van der Waals surface area contributed by atoms with E-state index in [4.69, 9.17) is 11.6 Å². The predicted octanol–water partition coefficient (Wildman–Crippen LogP) is 3.58. The smallest absolute Gasteiger partial charge is 0.0860 e. The molecule has 0 saturated heterocycles. The van der Waals surface area contributed by atoms with Gasteiger partial charge in [0.2, 0.25) is 0 Å². The van der Waals surface area contributed by atoms with E-state index in [2.05, 4.69) is 10.4 Å². The summed E-state index contributed by atoms with van der Waals surface area (Å²) in [7, 11) is 1.97. The van der Waals surface area contributed by atoms with Crippen LogP contribution in [0.2, 0.25) is 5.02 Å². The van der Waals surface area contributed by atoms with Gasteiger partial charge in [-0.15, -0.1) is 0 Å². The van der Waals surface area contributed by atoms with E-state index in [9.17, 15) is 0 Å². The number of aromatic nitrogens is 2. The van der Waals surface area contributed by atoms with Crippen molar-refractivity contribution in [2.45, 2.75) is 64.5 Å². The number of rotatable bonds is 3. The van der Waals surface area contributed by atoms with Crippen LogP contribution in [0, 0.1) is 6.92 Å². The van der Waals surface area contributed by atoms with Crippen LogP contribution in [0.5, 0.6) is 0 Å². The Hall–Kier alpha value is -0.540. The molecular formula is C14H24ClN3. The number of nitrogens with one attached hydrogen (secondary N) is 1. The first-order valence-corrected chi connectivity index (χ1v) is 7.47. The zero-order valence-corrected chi connectivity index (χ0v) is 12.3. The van der Waals surface area contributed by atoms with Crippen LogP contribution in [0.4, 0.5) is 0 Å². The molecule has 1 N–H and O–H groups in total. The molecule has 0 spiro atoms. The molecule has 1 fully saturated rings. The van der Waals surface area contributed by atoms with Gasteiger partial charge in [0, 0.05) is 19.6 Å². The van der Waals surface area contributed by atoms with Gasteiger partial charge in [0.25, 0.3) is 0 Å². The summed E-state index contributed by atoms with van der Waals surface area (Å²) >= 11 is 6.27. The Balaban J connectivity index is 1.89. The molecule has 3 nitrogen and oxygen atoms in total. The Morgan fingerprint density at radius 2 is 1.83 bits per heavy atom. The normalized spacial score (nSPS) is 18.6. The third-order valence-corrected chi connectivity index (χ3v) is 4.42. The minimum Gasteiger partial charge on any atom is -0.308 e. The van der Waals surface area contributed by atoms with E-state index in [0.29, 0.717) is 6.04 Å². The molecule has 0 aliphatic heterocycles. The highest BCUT2D eigenvalue weighted by Gasteiger charge is 2.14. The summed E-state index contributed by atoms with van der Waals surface area (Å²) in [5, 5.41) is 8.82. The van der Waals surface area contributed by atoms with E-state index in [1.165, 1.54) is 44.9 Å². The molecule has 1 heterocycles. The summed E-state index contributed by atoms with van der Waals surface area (Å²) in [4.78, 5) is 0. The Labute approximate surface area is 115 Å². The highest BCUT2D eigenvalue weighted by Crippen LogP contribution is 2.21. The molecule has 0 unspecified atom stereocenters.